The molecule has 0 saturated carbocycles. The topological polar surface area (TPSA) is 156 Å². The van der Waals surface area contributed by atoms with E-state index in [-0.39, 0.29) is 36.8 Å². The summed E-state index contributed by atoms with van der Waals surface area (Å²) in [5.74, 6) is -1.23. The van der Waals surface area contributed by atoms with E-state index in [9.17, 15) is 24.6 Å². The summed E-state index contributed by atoms with van der Waals surface area (Å²) in [4.78, 5) is 41.1. The lowest BCUT2D eigenvalue weighted by Crippen LogP contribution is -2.47. The van der Waals surface area contributed by atoms with Crippen molar-refractivity contribution in [1.29, 1.82) is 0 Å². The fraction of sp³-hybridized carbons (Fsp3) is 0.297. The van der Waals surface area contributed by atoms with Gasteiger partial charge in [0.15, 0.2) is 6.29 Å². The van der Waals surface area contributed by atoms with Gasteiger partial charge in [0.2, 0.25) is 0 Å². The van der Waals surface area contributed by atoms with Crippen LogP contribution in [-0.4, -0.2) is 58.2 Å². The van der Waals surface area contributed by atoms with Crippen molar-refractivity contribution >= 4 is 29.7 Å². The van der Waals surface area contributed by atoms with Crippen molar-refractivity contribution < 1.29 is 38.8 Å². The lowest BCUT2D eigenvalue weighted by atomic mass is 9.91. The van der Waals surface area contributed by atoms with E-state index in [4.69, 9.17) is 14.2 Å². The predicted molar refractivity (Wildman–Crippen MR) is 183 cm³/mol. The molecule has 1 aliphatic heterocycles. The van der Waals surface area contributed by atoms with Gasteiger partial charge < -0.3 is 35.1 Å². The standard InChI is InChI=1S/C37H39N3O8S/c1-23-31(22-49-33-29(34(42)43)9-6-18-38-33)47-36(48-32(23)27-14-12-26(21-41)13-15-27)28-16-10-25(11-17-28)20-39-37(45)40-30(35(44)46-2)19-24-7-4-3-5-8-24/h3-18,23,30-32,36,41H,19-22H2,1-2H3,(H,42,43)(H2,39,40,45)/t23-,30+,31+,32+,36+/m1/s1. The van der Waals surface area contributed by atoms with Gasteiger partial charge in [-0.3, -0.25) is 0 Å². The Labute approximate surface area is 289 Å². The molecule has 0 spiro atoms. The zero-order valence-corrected chi connectivity index (χ0v) is 28.0. The number of thioether (sulfide) groups is 1. The number of ether oxygens (including phenoxy) is 3. The number of hydrogen-bond acceptors (Lipinski definition) is 9. The van der Waals surface area contributed by atoms with Crippen LogP contribution in [0, 0.1) is 5.92 Å². The van der Waals surface area contributed by atoms with Crippen molar-refractivity contribution in [2.24, 2.45) is 5.92 Å². The fourth-order valence-corrected chi connectivity index (χ4v) is 6.66. The molecule has 5 rings (SSSR count). The average molecular weight is 686 g/mol. The summed E-state index contributed by atoms with van der Waals surface area (Å²) in [5, 5.41) is 25.1. The minimum Gasteiger partial charge on any atom is -0.478 e. The molecule has 11 nitrogen and oxygen atoms in total. The number of nitrogens with one attached hydrogen (secondary N) is 2. The van der Waals surface area contributed by atoms with E-state index in [0.29, 0.717) is 17.2 Å². The van der Waals surface area contributed by atoms with E-state index in [1.54, 1.807) is 12.3 Å². The first kappa shape index (κ1) is 35.6. The molecule has 1 aliphatic rings. The molecule has 256 valence electrons. The second kappa shape index (κ2) is 17.1. The van der Waals surface area contributed by atoms with Gasteiger partial charge >= 0.3 is 18.0 Å². The van der Waals surface area contributed by atoms with Gasteiger partial charge in [-0.25, -0.2) is 19.4 Å². The Hall–Kier alpha value is -4.75. The van der Waals surface area contributed by atoms with Crippen molar-refractivity contribution in [3.8, 4) is 0 Å². The first-order chi connectivity index (χ1) is 23.7. The van der Waals surface area contributed by atoms with Crippen LogP contribution in [0.5, 0.6) is 0 Å². The number of carboxylic acids is 1. The van der Waals surface area contributed by atoms with Gasteiger partial charge in [0, 0.05) is 36.4 Å². The Morgan fingerprint density at radius 3 is 2.27 bits per heavy atom. The summed E-state index contributed by atoms with van der Waals surface area (Å²) < 4.78 is 17.9. The molecule has 2 heterocycles. The number of hydrogen-bond donors (Lipinski definition) is 4. The first-order valence-corrected chi connectivity index (χ1v) is 16.8. The van der Waals surface area contributed by atoms with E-state index < -0.39 is 30.3 Å². The van der Waals surface area contributed by atoms with Crippen LogP contribution in [0.25, 0.3) is 0 Å². The number of amides is 2. The molecule has 4 N–H and O–H groups in total. The number of esters is 1. The molecule has 1 saturated heterocycles. The Bertz CT molecular complexity index is 1710. The Kier molecular flexibility index (Phi) is 12.4. The SMILES string of the molecule is COC(=O)[C@H](Cc1ccccc1)NC(=O)NCc1ccc([C@H]2O[C@@H](CSc3ncccc3C(=O)O)[C@@H](C)[C@@H](c3ccc(CO)cc3)O2)cc1. The number of aromatic nitrogens is 1. The van der Waals surface area contributed by atoms with Crippen molar-refractivity contribution in [3.63, 3.8) is 0 Å². The minimum atomic E-state index is -1.04. The monoisotopic (exact) mass is 685 g/mol. The van der Waals surface area contributed by atoms with E-state index in [0.717, 1.165) is 27.8 Å². The van der Waals surface area contributed by atoms with Crippen molar-refractivity contribution in [2.75, 3.05) is 12.9 Å². The van der Waals surface area contributed by atoms with Crippen molar-refractivity contribution in [2.45, 2.75) is 56.1 Å². The quantitative estimate of drug-likeness (QED) is 0.106. The van der Waals surface area contributed by atoms with Crippen LogP contribution in [0.4, 0.5) is 4.79 Å². The van der Waals surface area contributed by atoms with E-state index in [2.05, 4.69) is 15.6 Å². The second-order valence-electron chi connectivity index (χ2n) is 11.6. The predicted octanol–water partition coefficient (Wildman–Crippen LogP) is 5.44. The number of carbonyl (C=O) groups excluding carboxylic acids is 2. The van der Waals surface area contributed by atoms with Gasteiger partial charge in [0.25, 0.3) is 0 Å². The van der Waals surface area contributed by atoms with Crippen LogP contribution in [0.3, 0.4) is 0 Å². The molecule has 0 aliphatic carbocycles. The maximum atomic E-state index is 12.7. The molecule has 49 heavy (non-hydrogen) atoms. The number of pyridine rings is 1. The zero-order valence-electron chi connectivity index (χ0n) is 27.2. The highest BCUT2D eigenvalue weighted by Crippen LogP contribution is 2.43. The highest BCUT2D eigenvalue weighted by molar-refractivity contribution is 7.99. The summed E-state index contributed by atoms with van der Waals surface area (Å²) in [6.07, 6.45) is 0.474. The summed E-state index contributed by atoms with van der Waals surface area (Å²) in [6, 6.07) is 26.2. The number of nitrogens with zero attached hydrogens (tertiary/aromatic N) is 1. The molecule has 0 radical (unpaired) electrons. The summed E-state index contributed by atoms with van der Waals surface area (Å²) >= 11 is 1.32. The number of aliphatic hydroxyl groups is 1. The van der Waals surface area contributed by atoms with Gasteiger partial charge in [-0.2, -0.15) is 0 Å². The van der Waals surface area contributed by atoms with E-state index in [1.807, 2.05) is 85.8 Å². The smallest absolute Gasteiger partial charge is 0.338 e. The number of aromatic carboxylic acids is 1. The summed E-state index contributed by atoms with van der Waals surface area (Å²) in [5.41, 5.74) is 4.34. The molecule has 4 aromatic rings. The largest absolute Gasteiger partial charge is 0.478 e. The van der Waals surface area contributed by atoms with E-state index >= 15 is 0 Å². The summed E-state index contributed by atoms with van der Waals surface area (Å²) in [7, 11) is 1.29. The van der Waals surface area contributed by atoms with Crippen LogP contribution in [0.2, 0.25) is 0 Å². The van der Waals surface area contributed by atoms with Crippen LogP contribution >= 0.6 is 11.8 Å². The van der Waals surface area contributed by atoms with Gasteiger partial charge in [-0.15, -0.1) is 11.8 Å². The van der Waals surface area contributed by atoms with Gasteiger partial charge in [0.1, 0.15) is 11.1 Å². The van der Waals surface area contributed by atoms with Crippen molar-refractivity contribution in [1.82, 2.24) is 15.6 Å². The highest BCUT2D eigenvalue weighted by Gasteiger charge is 2.38. The fourth-order valence-electron chi connectivity index (χ4n) is 5.51. The molecular formula is C37H39N3O8S. The Morgan fingerprint density at radius 2 is 1.59 bits per heavy atom. The lowest BCUT2D eigenvalue weighted by molar-refractivity contribution is -0.268. The molecule has 1 fully saturated rings. The maximum Gasteiger partial charge on any atom is 0.338 e. The molecule has 0 bridgehead atoms. The van der Waals surface area contributed by atoms with Gasteiger partial charge in [0.05, 0.1) is 31.5 Å². The highest BCUT2D eigenvalue weighted by atomic mass is 32.2. The number of rotatable bonds is 13. The number of benzene rings is 3. The maximum absolute atomic E-state index is 12.7. The van der Waals surface area contributed by atoms with Crippen LogP contribution in [0.15, 0.2) is 102 Å². The number of methoxy groups -OCH3 is 1. The molecule has 5 atom stereocenters. The average Bonchev–Trinajstić information content (AvgIpc) is 3.13. The Balaban J connectivity index is 1.26. The van der Waals surface area contributed by atoms with Crippen LogP contribution < -0.4 is 10.6 Å². The minimum absolute atomic E-state index is 0.0647. The summed E-state index contributed by atoms with van der Waals surface area (Å²) in [6.45, 7) is 2.18. The normalized spacial score (nSPS) is 19.4. The first-order valence-electron chi connectivity index (χ1n) is 15.8. The molecule has 2 amide bonds. The molecule has 12 heteroatoms. The number of urea groups is 1. The number of carbonyl (C=O) groups is 3. The third-order valence-corrected chi connectivity index (χ3v) is 9.38. The van der Waals surface area contributed by atoms with E-state index in [1.165, 1.54) is 24.9 Å². The van der Waals surface area contributed by atoms with Gasteiger partial charge in [-0.1, -0.05) is 85.8 Å². The molecule has 1 aromatic heterocycles. The van der Waals surface area contributed by atoms with Gasteiger partial charge in [-0.05, 0) is 34.4 Å². The number of carboxylic acid groups (broad SMARTS) is 1. The van der Waals surface area contributed by atoms with Crippen LogP contribution in [-0.2, 0) is 38.6 Å². The van der Waals surface area contributed by atoms with Crippen molar-refractivity contribution in [3.05, 3.63) is 131 Å². The molecule has 3 aromatic carbocycles. The van der Waals surface area contributed by atoms with Crippen LogP contribution in [0.1, 0.15) is 57.5 Å². The molecular weight excluding hydrogens is 646 g/mol. The Morgan fingerprint density at radius 1 is 0.898 bits per heavy atom. The molecule has 0 unspecified atom stereocenters. The lowest BCUT2D eigenvalue weighted by Gasteiger charge is -2.41. The number of aliphatic hydroxyl groups excluding tert-OH is 1. The third kappa shape index (κ3) is 9.45. The third-order valence-electron chi connectivity index (χ3n) is 8.29. The second-order valence-corrected chi connectivity index (χ2v) is 12.6. The zero-order chi connectivity index (χ0) is 34.8.